The molecule has 2 heterocycles. The number of aryl methyl sites for hydroxylation is 2. The normalized spacial score (nSPS) is 11.4. The lowest BCUT2D eigenvalue weighted by Crippen LogP contribution is -2.00. The van der Waals surface area contributed by atoms with Gasteiger partial charge in [-0.1, -0.05) is 52.6 Å². The molecule has 0 aliphatic rings. The van der Waals surface area contributed by atoms with Gasteiger partial charge in [0.2, 0.25) is 0 Å². The Morgan fingerprint density at radius 3 is 2.45 bits per heavy atom. The zero-order valence-corrected chi connectivity index (χ0v) is 21.3. The highest BCUT2D eigenvalue weighted by atomic mass is 35.5. The lowest BCUT2D eigenvalue weighted by Gasteiger charge is -2.12. The molecule has 7 heteroatoms. The number of imidazole rings is 1. The quantitative estimate of drug-likeness (QED) is 0.414. The Bertz CT molecular complexity index is 1010. The van der Waals surface area contributed by atoms with Crippen LogP contribution in [0.4, 0.5) is 5.82 Å². The Morgan fingerprint density at radius 1 is 1.19 bits per heavy atom. The lowest BCUT2D eigenvalue weighted by atomic mass is 9.94. The van der Waals surface area contributed by atoms with E-state index in [1.54, 1.807) is 6.20 Å². The average molecular weight is 463 g/mol. The molecule has 3 aromatic rings. The van der Waals surface area contributed by atoms with Crippen LogP contribution in [0.25, 0.3) is 11.0 Å². The summed E-state index contributed by atoms with van der Waals surface area (Å²) in [6.45, 7) is 16.5. The van der Waals surface area contributed by atoms with E-state index in [0.717, 1.165) is 45.4 Å². The molecule has 3 rings (SSSR count). The molecule has 0 atom stereocenters. The largest absolute Gasteiger partial charge is 0.494 e. The number of fused-ring (bicyclic) bond motifs is 1. The minimum absolute atomic E-state index is 0.444. The van der Waals surface area contributed by atoms with Crippen LogP contribution in [0.1, 0.15) is 59.9 Å². The first kappa shape index (κ1) is 25.3. The zero-order valence-electron chi connectivity index (χ0n) is 19.8. The second-order valence-corrected chi connectivity index (χ2v) is 10.0. The third-order valence-corrected chi connectivity index (χ3v) is 6.38. The highest BCUT2D eigenvalue weighted by Crippen LogP contribution is 2.38. The van der Waals surface area contributed by atoms with Crippen LogP contribution in [-0.2, 0) is 6.54 Å². The van der Waals surface area contributed by atoms with Crippen molar-refractivity contribution in [1.82, 2.24) is 14.5 Å². The Morgan fingerprint density at radius 2 is 1.87 bits per heavy atom. The maximum atomic E-state index is 6.46. The molecule has 31 heavy (non-hydrogen) atoms. The summed E-state index contributed by atoms with van der Waals surface area (Å²) in [6.07, 6.45) is 3.98. The number of nitrogen functional groups attached to an aromatic ring is 1. The van der Waals surface area contributed by atoms with E-state index in [1.165, 1.54) is 18.2 Å². The minimum atomic E-state index is 0.444. The zero-order chi connectivity index (χ0) is 23.2. The molecule has 0 spiro atoms. The van der Waals surface area contributed by atoms with Gasteiger partial charge in [-0.25, -0.2) is 9.97 Å². The predicted molar refractivity (Wildman–Crippen MR) is 133 cm³/mol. The molecular weight excluding hydrogens is 428 g/mol. The van der Waals surface area contributed by atoms with E-state index in [9.17, 15) is 0 Å². The van der Waals surface area contributed by atoms with Gasteiger partial charge in [0, 0.05) is 17.6 Å². The highest BCUT2D eigenvalue weighted by molar-refractivity contribution is 7.99. The number of pyridine rings is 1. The Labute approximate surface area is 195 Å². The highest BCUT2D eigenvalue weighted by Gasteiger charge is 2.16. The fraction of sp³-hybridized carbons (Fsp3) is 0.500. The second-order valence-electron chi connectivity index (χ2n) is 8.61. The number of ether oxygens (including phenoxy) is 1. The van der Waals surface area contributed by atoms with Crippen molar-refractivity contribution in [3.8, 4) is 5.75 Å². The van der Waals surface area contributed by atoms with Gasteiger partial charge >= 0.3 is 0 Å². The fourth-order valence-electron chi connectivity index (χ4n) is 2.69. The Kier molecular flexibility index (Phi) is 9.07. The van der Waals surface area contributed by atoms with Crippen LogP contribution in [0.2, 0.25) is 5.02 Å². The van der Waals surface area contributed by atoms with Gasteiger partial charge in [0.05, 0.1) is 17.1 Å². The standard InChI is InChI=1S/C18H21ClN4OS.C6H14/c1-4-8-23-13-6-7-21-17(20)16(13)22-18(23)25-15-10-14(24-5-2)11(3)9-12(15)19;1-5-6(2,3)4/h6-7,9-10H,4-5,8H2,1-3H3,(H2,20,21);5H2,1-4H3. The number of hydrogen-bond donors (Lipinski definition) is 1. The number of halogens is 1. The van der Waals surface area contributed by atoms with Crippen molar-refractivity contribution in [3.05, 3.63) is 35.0 Å². The second kappa shape index (κ2) is 11.1. The van der Waals surface area contributed by atoms with E-state index in [2.05, 4.69) is 44.2 Å². The van der Waals surface area contributed by atoms with Gasteiger partial charge < -0.3 is 15.0 Å². The summed E-state index contributed by atoms with van der Waals surface area (Å²) in [5, 5.41) is 1.54. The first-order valence-electron chi connectivity index (χ1n) is 10.8. The third kappa shape index (κ3) is 6.78. The van der Waals surface area contributed by atoms with Gasteiger partial charge in [0.1, 0.15) is 11.3 Å². The molecule has 0 aliphatic carbocycles. The Hall–Kier alpha value is -1.92. The molecule has 0 fully saturated rings. The van der Waals surface area contributed by atoms with Gasteiger partial charge in [-0.05, 0) is 61.2 Å². The topological polar surface area (TPSA) is 66.0 Å². The SMILES string of the molecule is CCC(C)(C)C.CCCn1c(Sc2cc(OCC)c(C)cc2Cl)nc2c(N)nccc21. The summed E-state index contributed by atoms with van der Waals surface area (Å²) in [7, 11) is 0. The lowest BCUT2D eigenvalue weighted by molar-refractivity contribution is 0.337. The molecule has 0 amide bonds. The van der Waals surface area contributed by atoms with Crippen molar-refractivity contribution in [2.45, 2.75) is 77.9 Å². The smallest absolute Gasteiger partial charge is 0.174 e. The molecule has 2 aromatic heterocycles. The summed E-state index contributed by atoms with van der Waals surface area (Å²) < 4.78 is 7.86. The van der Waals surface area contributed by atoms with Gasteiger partial charge in [-0.3, -0.25) is 0 Å². The van der Waals surface area contributed by atoms with Crippen molar-refractivity contribution in [2.24, 2.45) is 5.41 Å². The summed E-state index contributed by atoms with van der Waals surface area (Å²) in [5.41, 5.74) is 9.28. The number of aromatic nitrogens is 3. The van der Waals surface area contributed by atoms with Gasteiger partial charge in [0.25, 0.3) is 0 Å². The van der Waals surface area contributed by atoms with Gasteiger partial charge in [-0.2, -0.15) is 0 Å². The average Bonchev–Trinajstić information content (AvgIpc) is 3.05. The van der Waals surface area contributed by atoms with Crippen LogP contribution in [-0.4, -0.2) is 21.1 Å². The summed E-state index contributed by atoms with van der Waals surface area (Å²) in [6, 6.07) is 5.85. The number of nitrogens with zero attached hydrogens (tertiary/aromatic N) is 3. The van der Waals surface area contributed by atoms with Crippen LogP contribution in [0.5, 0.6) is 5.75 Å². The molecular formula is C24H35ClN4OS. The number of benzene rings is 1. The molecule has 0 saturated carbocycles. The van der Waals surface area contributed by atoms with E-state index in [0.29, 0.717) is 22.9 Å². The number of rotatable bonds is 6. The number of anilines is 1. The van der Waals surface area contributed by atoms with Crippen LogP contribution in [0.15, 0.2) is 34.4 Å². The van der Waals surface area contributed by atoms with Crippen molar-refractivity contribution >= 4 is 40.2 Å². The molecule has 0 bridgehead atoms. The summed E-state index contributed by atoms with van der Waals surface area (Å²) in [5.74, 6) is 1.29. The molecule has 1 aromatic carbocycles. The summed E-state index contributed by atoms with van der Waals surface area (Å²) in [4.78, 5) is 9.76. The van der Waals surface area contributed by atoms with Crippen molar-refractivity contribution < 1.29 is 4.74 Å². The van der Waals surface area contributed by atoms with Crippen molar-refractivity contribution in [2.75, 3.05) is 12.3 Å². The minimum Gasteiger partial charge on any atom is -0.494 e. The van der Waals surface area contributed by atoms with Crippen LogP contribution >= 0.6 is 23.4 Å². The van der Waals surface area contributed by atoms with Crippen LogP contribution in [0.3, 0.4) is 0 Å². The monoisotopic (exact) mass is 462 g/mol. The van der Waals surface area contributed by atoms with E-state index in [-0.39, 0.29) is 0 Å². The Balaban J connectivity index is 0.000000501. The molecule has 0 radical (unpaired) electrons. The van der Waals surface area contributed by atoms with Gasteiger partial charge in [0.15, 0.2) is 11.0 Å². The molecule has 0 saturated heterocycles. The summed E-state index contributed by atoms with van der Waals surface area (Å²) >= 11 is 7.98. The third-order valence-electron chi connectivity index (χ3n) is 4.90. The maximum absolute atomic E-state index is 6.46. The van der Waals surface area contributed by atoms with Crippen molar-refractivity contribution in [3.63, 3.8) is 0 Å². The van der Waals surface area contributed by atoms with Crippen LogP contribution < -0.4 is 10.5 Å². The molecule has 170 valence electrons. The van der Waals surface area contributed by atoms with Crippen LogP contribution in [0, 0.1) is 12.3 Å². The van der Waals surface area contributed by atoms with E-state index < -0.39 is 0 Å². The molecule has 0 aliphatic heterocycles. The first-order chi connectivity index (χ1) is 14.6. The number of hydrogen-bond acceptors (Lipinski definition) is 5. The van der Waals surface area contributed by atoms with E-state index >= 15 is 0 Å². The van der Waals surface area contributed by atoms with Gasteiger partial charge in [-0.15, -0.1) is 0 Å². The molecule has 0 unspecified atom stereocenters. The first-order valence-corrected chi connectivity index (χ1v) is 12.0. The maximum Gasteiger partial charge on any atom is 0.174 e. The van der Waals surface area contributed by atoms with E-state index in [1.807, 2.05) is 32.0 Å². The molecule has 2 N–H and O–H groups in total. The van der Waals surface area contributed by atoms with E-state index in [4.69, 9.17) is 27.1 Å². The molecule has 5 nitrogen and oxygen atoms in total. The number of nitrogens with two attached hydrogens (primary N) is 1. The fourth-order valence-corrected chi connectivity index (χ4v) is 3.98. The van der Waals surface area contributed by atoms with Crippen molar-refractivity contribution in [1.29, 1.82) is 0 Å². The predicted octanol–water partition coefficient (Wildman–Crippen LogP) is 7.38.